The van der Waals surface area contributed by atoms with Crippen LogP contribution in [0.3, 0.4) is 0 Å². The first kappa shape index (κ1) is 22.1. The van der Waals surface area contributed by atoms with Crippen molar-refractivity contribution in [3.8, 4) is 11.5 Å². The van der Waals surface area contributed by atoms with Crippen molar-refractivity contribution in [2.75, 3.05) is 33.1 Å². The fourth-order valence-electron chi connectivity index (χ4n) is 2.23. The Hall–Kier alpha value is -2.19. The third-order valence-electron chi connectivity index (χ3n) is 3.64. The SMILES string of the molecule is CCCOc1c(Br)cc(C(=O)Nc2ccccc2SC(=O)N(C)C)cc1OC. The standard InChI is InChI=1S/C20H23BrN2O4S/c1-5-10-27-18-14(21)11-13(12-16(18)26-4)19(24)22-15-8-6-7-9-17(15)28-20(25)23(2)3/h6-9,11-12H,5,10H2,1-4H3,(H,22,24). The molecule has 0 aromatic heterocycles. The van der Waals surface area contributed by atoms with Gasteiger partial charge in [-0.2, -0.15) is 0 Å². The van der Waals surface area contributed by atoms with E-state index in [1.165, 1.54) is 12.0 Å². The van der Waals surface area contributed by atoms with Gasteiger partial charge in [0.2, 0.25) is 0 Å². The number of ether oxygens (including phenoxy) is 2. The number of anilines is 1. The van der Waals surface area contributed by atoms with E-state index in [4.69, 9.17) is 9.47 Å². The third-order valence-corrected chi connectivity index (χ3v) is 5.34. The van der Waals surface area contributed by atoms with Crippen molar-refractivity contribution in [3.63, 3.8) is 0 Å². The van der Waals surface area contributed by atoms with Crippen molar-refractivity contribution in [1.29, 1.82) is 0 Å². The van der Waals surface area contributed by atoms with Gasteiger partial charge in [-0.1, -0.05) is 19.1 Å². The Labute approximate surface area is 177 Å². The fourth-order valence-corrected chi connectivity index (χ4v) is 3.54. The summed E-state index contributed by atoms with van der Waals surface area (Å²) in [5, 5.41) is 2.74. The zero-order valence-electron chi connectivity index (χ0n) is 16.2. The molecule has 150 valence electrons. The number of benzene rings is 2. The van der Waals surface area contributed by atoms with Crippen molar-refractivity contribution in [2.24, 2.45) is 0 Å². The lowest BCUT2D eigenvalue weighted by Crippen LogP contribution is -2.17. The van der Waals surface area contributed by atoms with Crippen LogP contribution in [0.1, 0.15) is 23.7 Å². The molecule has 8 heteroatoms. The molecule has 0 fully saturated rings. The van der Waals surface area contributed by atoms with Crippen LogP contribution in [0.5, 0.6) is 11.5 Å². The molecule has 0 aliphatic heterocycles. The predicted octanol–water partition coefficient (Wildman–Crippen LogP) is 5.27. The Morgan fingerprint density at radius 2 is 1.93 bits per heavy atom. The zero-order chi connectivity index (χ0) is 20.7. The van der Waals surface area contributed by atoms with Crippen LogP contribution in [0.15, 0.2) is 45.8 Å². The van der Waals surface area contributed by atoms with E-state index in [-0.39, 0.29) is 11.1 Å². The summed E-state index contributed by atoms with van der Waals surface area (Å²) >= 11 is 4.50. The van der Waals surface area contributed by atoms with Crippen LogP contribution in [-0.2, 0) is 0 Å². The van der Waals surface area contributed by atoms with E-state index in [0.29, 0.717) is 38.7 Å². The number of thioether (sulfide) groups is 1. The van der Waals surface area contributed by atoms with E-state index in [1.807, 2.05) is 13.0 Å². The number of halogens is 1. The molecule has 0 spiro atoms. The van der Waals surface area contributed by atoms with Crippen molar-refractivity contribution in [1.82, 2.24) is 4.90 Å². The van der Waals surface area contributed by atoms with Crippen LogP contribution in [0, 0.1) is 0 Å². The molecule has 0 saturated heterocycles. The predicted molar refractivity (Wildman–Crippen MR) is 116 cm³/mol. The molecule has 2 amide bonds. The maximum absolute atomic E-state index is 12.8. The highest BCUT2D eigenvalue weighted by Crippen LogP contribution is 2.37. The van der Waals surface area contributed by atoms with E-state index in [9.17, 15) is 9.59 Å². The van der Waals surface area contributed by atoms with Gasteiger partial charge in [-0.25, -0.2) is 0 Å². The lowest BCUT2D eigenvalue weighted by molar-refractivity contribution is 0.102. The summed E-state index contributed by atoms with van der Waals surface area (Å²) in [4.78, 5) is 27.0. The lowest BCUT2D eigenvalue weighted by Gasteiger charge is -2.15. The number of hydrogen-bond acceptors (Lipinski definition) is 5. The van der Waals surface area contributed by atoms with E-state index in [0.717, 1.165) is 18.2 Å². The first-order chi connectivity index (χ1) is 13.4. The quantitative estimate of drug-likeness (QED) is 0.562. The van der Waals surface area contributed by atoms with E-state index < -0.39 is 0 Å². The maximum atomic E-state index is 12.8. The van der Waals surface area contributed by atoms with Gasteiger partial charge in [0.25, 0.3) is 11.1 Å². The minimum atomic E-state index is -0.314. The summed E-state index contributed by atoms with van der Waals surface area (Å²) in [6.45, 7) is 2.56. The van der Waals surface area contributed by atoms with Gasteiger partial charge in [-0.15, -0.1) is 0 Å². The van der Waals surface area contributed by atoms with Crippen molar-refractivity contribution in [2.45, 2.75) is 18.2 Å². The Balaban J connectivity index is 2.26. The summed E-state index contributed by atoms with van der Waals surface area (Å²) in [5.41, 5.74) is 0.973. The number of rotatable bonds is 7. The Morgan fingerprint density at radius 3 is 2.57 bits per heavy atom. The molecule has 28 heavy (non-hydrogen) atoms. The van der Waals surface area contributed by atoms with Gasteiger partial charge in [0, 0.05) is 24.6 Å². The van der Waals surface area contributed by atoms with Crippen molar-refractivity contribution >= 4 is 44.5 Å². The minimum absolute atomic E-state index is 0.122. The molecule has 0 aliphatic carbocycles. The topological polar surface area (TPSA) is 67.9 Å². The largest absolute Gasteiger partial charge is 0.493 e. The molecule has 0 heterocycles. The minimum Gasteiger partial charge on any atom is -0.493 e. The molecule has 6 nitrogen and oxygen atoms in total. The third kappa shape index (κ3) is 5.65. The summed E-state index contributed by atoms with van der Waals surface area (Å²) in [6.07, 6.45) is 0.859. The average molecular weight is 467 g/mol. The molecule has 0 atom stereocenters. The van der Waals surface area contributed by atoms with Crippen LogP contribution >= 0.6 is 27.7 Å². The monoisotopic (exact) mass is 466 g/mol. The maximum Gasteiger partial charge on any atom is 0.286 e. The molecule has 0 aliphatic rings. The normalized spacial score (nSPS) is 10.3. The first-order valence-electron chi connectivity index (χ1n) is 8.67. The molecule has 0 bridgehead atoms. The molecule has 0 saturated carbocycles. The molecule has 0 radical (unpaired) electrons. The van der Waals surface area contributed by atoms with E-state index in [2.05, 4.69) is 21.2 Å². The highest BCUT2D eigenvalue weighted by Gasteiger charge is 2.17. The number of methoxy groups -OCH3 is 1. The second-order valence-electron chi connectivity index (χ2n) is 6.05. The fraction of sp³-hybridized carbons (Fsp3) is 0.300. The zero-order valence-corrected chi connectivity index (χ0v) is 18.6. The van der Waals surface area contributed by atoms with Gasteiger partial charge in [-0.05, 0) is 58.4 Å². The molecule has 0 unspecified atom stereocenters. The lowest BCUT2D eigenvalue weighted by atomic mass is 10.1. The number of carbonyl (C=O) groups excluding carboxylic acids is 2. The van der Waals surface area contributed by atoms with Gasteiger partial charge >= 0.3 is 0 Å². The number of carbonyl (C=O) groups is 2. The summed E-state index contributed by atoms with van der Waals surface area (Å²) in [6, 6.07) is 10.5. The number of para-hydroxylation sites is 1. The van der Waals surface area contributed by atoms with Gasteiger partial charge in [0.1, 0.15) is 0 Å². The number of hydrogen-bond donors (Lipinski definition) is 1. The number of amides is 2. The van der Waals surface area contributed by atoms with Crippen molar-refractivity contribution < 1.29 is 19.1 Å². The molecule has 1 N–H and O–H groups in total. The first-order valence-corrected chi connectivity index (χ1v) is 10.3. The smallest absolute Gasteiger partial charge is 0.286 e. The Bertz CT molecular complexity index is 858. The van der Waals surface area contributed by atoms with Crippen molar-refractivity contribution in [3.05, 3.63) is 46.4 Å². The van der Waals surface area contributed by atoms with Crippen LogP contribution < -0.4 is 14.8 Å². The highest BCUT2D eigenvalue weighted by molar-refractivity contribution is 9.10. The number of nitrogens with one attached hydrogen (secondary N) is 1. The van der Waals surface area contributed by atoms with Crippen LogP contribution in [0.25, 0.3) is 0 Å². The van der Waals surface area contributed by atoms with Gasteiger partial charge < -0.3 is 19.7 Å². The molecule has 2 rings (SSSR count). The molecule has 2 aromatic rings. The van der Waals surface area contributed by atoms with Gasteiger partial charge in [0.05, 0.1) is 23.9 Å². The van der Waals surface area contributed by atoms with Gasteiger partial charge in [-0.3, -0.25) is 9.59 Å². The summed E-state index contributed by atoms with van der Waals surface area (Å²) in [7, 11) is 4.89. The van der Waals surface area contributed by atoms with E-state index >= 15 is 0 Å². The molecular weight excluding hydrogens is 444 g/mol. The number of nitrogens with zero attached hydrogens (tertiary/aromatic N) is 1. The Morgan fingerprint density at radius 1 is 1.21 bits per heavy atom. The highest BCUT2D eigenvalue weighted by atomic mass is 79.9. The summed E-state index contributed by atoms with van der Waals surface area (Å²) < 4.78 is 11.7. The Kier molecular flexibility index (Phi) is 8.19. The average Bonchev–Trinajstić information content (AvgIpc) is 2.67. The van der Waals surface area contributed by atoms with Crippen LogP contribution in [0.4, 0.5) is 10.5 Å². The summed E-state index contributed by atoms with van der Waals surface area (Å²) in [5.74, 6) is 0.721. The van der Waals surface area contributed by atoms with E-state index in [1.54, 1.807) is 44.4 Å². The molecule has 2 aromatic carbocycles. The second kappa shape index (κ2) is 10.4. The van der Waals surface area contributed by atoms with Crippen LogP contribution in [0.2, 0.25) is 0 Å². The second-order valence-corrected chi connectivity index (χ2v) is 7.90. The molecular formula is C20H23BrN2O4S. The van der Waals surface area contributed by atoms with Gasteiger partial charge in [0.15, 0.2) is 11.5 Å². The van der Waals surface area contributed by atoms with Crippen LogP contribution in [-0.4, -0.2) is 43.9 Å².